The quantitative estimate of drug-likeness (QED) is 0.785. The number of halogens is 1. The molecule has 4 nitrogen and oxygen atoms in total. The summed E-state index contributed by atoms with van der Waals surface area (Å²) < 4.78 is 0.855. The van der Waals surface area contributed by atoms with Gasteiger partial charge in [-0.05, 0) is 42.3 Å². The van der Waals surface area contributed by atoms with E-state index in [0.29, 0.717) is 17.9 Å². The molecule has 1 aromatic heterocycles. The van der Waals surface area contributed by atoms with Crippen molar-refractivity contribution in [3.8, 4) is 0 Å². The summed E-state index contributed by atoms with van der Waals surface area (Å²) in [4.78, 5) is 4.16. The average Bonchev–Trinajstić information content (AvgIpc) is 2.08. The monoisotopic (exact) mass is 273 g/mol. The second-order valence-corrected chi connectivity index (χ2v) is 4.64. The zero-order chi connectivity index (χ0) is 11.4. The van der Waals surface area contributed by atoms with E-state index in [-0.39, 0.29) is 12.1 Å². The molecule has 1 heterocycles. The molecule has 0 saturated heterocycles. The average molecular weight is 274 g/mol. The number of aliphatic hydroxyl groups excluding tert-OH is 1. The van der Waals surface area contributed by atoms with Crippen molar-refractivity contribution in [3.63, 3.8) is 0 Å². The van der Waals surface area contributed by atoms with Crippen molar-refractivity contribution in [2.24, 2.45) is 0 Å². The number of nitrogens with two attached hydrogens (primary N) is 1. The summed E-state index contributed by atoms with van der Waals surface area (Å²) in [7, 11) is 0. The molecule has 0 fully saturated rings. The summed E-state index contributed by atoms with van der Waals surface area (Å²) in [5.41, 5.74) is 6.38. The Morgan fingerprint density at radius 3 is 2.80 bits per heavy atom. The summed E-state index contributed by atoms with van der Waals surface area (Å²) in [6.07, 6.45) is 2.02. The van der Waals surface area contributed by atoms with E-state index in [0.717, 1.165) is 4.47 Å². The fourth-order valence-corrected chi connectivity index (χ4v) is 1.73. The normalized spacial score (nSPS) is 14.7. The van der Waals surface area contributed by atoms with Gasteiger partial charge in [-0.1, -0.05) is 0 Å². The van der Waals surface area contributed by atoms with E-state index in [1.807, 2.05) is 6.92 Å². The van der Waals surface area contributed by atoms with Crippen LogP contribution in [0.5, 0.6) is 0 Å². The molecule has 84 valence electrons. The van der Waals surface area contributed by atoms with Crippen LogP contribution >= 0.6 is 15.9 Å². The minimum Gasteiger partial charge on any atom is -0.396 e. The Morgan fingerprint density at radius 2 is 2.27 bits per heavy atom. The first-order chi connectivity index (χ1) is 6.99. The van der Waals surface area contributed by atoms with Crippen LogP contribution in [0, 0.1) is 0 Å². The number of nitrogens with one attached hydrogen (secondary N) is 1. The van der Waals surface area contributed by atoms with Gasteiger partial charge in [-0.3, -0.25) is 0 Å². The zero-order valence-corrected chi connectivity index (χ0v) is 10.5. The minimum absolute atomic E-state index is 0.140. The van der Waals surface area contributed by atoms with Gasteiger partial charge in [-0.25, -0.2) is 4.98 Å². The predicted molar refractivity (Wildman–Crippen MR) is 65.7 cm³/mol. The van der Waals surface area contributed by atoms with Crippen LogP contribution in [0.3, 0.4) is 0 Å². The van der Waals surface area contributed by atoms with E-state index in [1.165, 1.54) is 0 Å². The molecule has 4 N–H and O–H groups in total. The molecular weight excluding hydrogens is 258 g/mol. The number of rotatable bonds is 4. The standard InChI is InChI=1S/C10H16BrN3O/c1-6(3-7(2)15)14-10-9(12)4-8(11)5-13-10/h4-7,15H,3,12H2,1-2H3,(H,13,14). The van der Waals surface area contributed by atoms with Gasteiger partial charge >= 0.3 is 0 Å². The van der Waals surface area contributed by atoms with E-state index < -0.39 is 0 Å². The van der Waals surface area contributed by atoms with Crippen molar-refractivity contribution in [1.29, 1.82) is 0 Å². The maximum Gasteiger partial charge on any atom is 0.149 e. The van der Waals surface area contributed by atoms with Crippen LogP contribution in [0.4, 0.5) is 11.5 Å². The Hall–Kier alpha value is -0.810. The zero-order valence-electron chi connectivity index (χ0n) is 8.87. The number of hydrogen-bond acceptors (Lipinski definition) is 4. The lowest BCUT2D eigenvalue weighted by Gasteiger charge is -2.17. The van der Waals surface area contributed by atoms with Crippen LogP contribution in [0.2, 0.25) is 0 Å². The molecule has 0 aliphatic carbocycles. The van der Waals surface area contributed by atoms with Crippen LogP contribution in [-0.2, 0) is 0 Å². The number of nitrogens with zero attached hydrogens (tertiary/aromatic N) is 1. The third-order valence-electron chi connectivity index (χ3n) is 1.96. The predicted octanol–water partition coefficient (Wildman–Crippen LogP) is 2.00. The van der Waals surface area contributed by atoms with E-state index >= 15 is 0 Å². The highest BCUT2D eigenvalue weighted by Gasteiger charge is 2.08. The van der Waals surface area contributed by atoms with Crippen molar-refractivity contribution in [1.82, 2.24) is 4.98 Å². The van der Waals surface area contributed by atoms with Crippen molar-refractivity contribution in [2.75, 3.05) is 11.1 Å². The summed E-state index contributed by atoms with van der Waals surface area (Å²) in [6.45, 7) is 3.74. The molecule has 0 radical (unpaired) electrons. The highest BCUT2D eigenvalue weighted by molar-refractivity contribution is 9.10. The molecule has 0 aromatic carbocycles. The molecule has 0 spiro atoms. The first kappa shape index (κ1) is 12.3. The summed E-state index contributed by atoms with van der Waals surface area (Å²) in [5.74, 6) is 0.659. The molecule has 0 aliphatic heterocycles. The highest BCUT2D eigenvalue weighted by atomic mass is 79.9. The third-order valence-corrected chi connectivity index (χ3v) is 2.40. The van der Waals surface area contributed by atoms with Gasteiger partial charge in [0.15, 0.2) is 0 Å². The van der Waals surface area contributed by atoms with Gasteiger partial charge in [-0.2, -0.15) is 0 Å². The van der Waals surface area contributed by atoms with E-state index in [2.05, 4.69) is 26.2 Å². The van der Waals surface area contributed by atoms with E-state index in [1.54, 1.807) is 19.2 Å². The van der Waals surface area contributed by atoms with Gasteiger partial charge in [-0.15, -0.1) is 0 Å². The molecule has 0 saturated carbocycles. The molecule has 0 amide bonds. The Labute approximate surface area is 98.0 Å². The van der Waals surface area contributed by atoms with Gasteiger partial charge < -0.3 is 16.2 Å². The highest BCUT2D eigenvalue weighted by Crippen LogP contribution is 2.20. The summed E-state index contributed by atoms with van der Waals surface area (Å²) >= 11 is 3.29. The van der Waals surface area contributed by atoms with Crippen LogP contribution in [0.1, 0.15) is 20.3 Å². The molecule has 0 aliphatic rings. The second kappa shape index (κ2) is 5.32. The Bertz CT molecular complexity index is 330. The van der Waals surface area contributed by atoms with Crippen molar-refractivity contribution in [2.45, 2.75) is 32.4 Å². The smallest absolute Gasteiger partial charge is 0.149 e. The minimum atomic E-state index is -0.329. The maximum atomic E-state index is 9.22. The molecule has 5 heteroatoms. The fourth-order valence-electron chi connectivity index (χ4n) is 1.38. The number of pyridine rings is 1. The van der Waals surface area contributed by atoms with Crippen LogP contribution in [0.25, 0.3) is 0 Å². The SMILES string of the molecule is CC(O)CC(C)Nc1ncc(Br)cc1N. The van der Waals surface area contributed by atoms with Crippen molar-refractivity contribution in [3.05, 3.63) is 16.7 Å². The van der Waals surface area contributed by atoms with Crippen LogP contribution < -0.4 is 11.1 Å². The summed E-state index contributed by atoms with van der Waals surface area (Å²) in [5, 5.41) is 12.4. The van der Waals surface area contributed by atoms with Gasteiger partial charge in [0, 0.05) is 16.7 Å². The van der Waals surface area contributed by atoms with Gasteiger partial charge in [0.1, 0.15) is 5.82 Å². The number of aromatic nitrogens is 1. The Morgan fingerprint density at radius 1 is 1.60 bits per heavy atom. The lowest BCUT2D eigenvalue weighted by molar-refractivity contribution is 0.179. The van der Waals surface area contributed by atoms with Crippen LogP contribution in [-0.4, -0.2) is 22.2 Å². The summed E-state index contributed by atoms with van der Waals surface area (Å²) in [6, 6.07) is 1.94. The molecule has 2 atom stereocenters. The van der Waals surface area contributed by atoms with E-state index in [9.17, 15) is 5.11 Å². The maximum absolute atomic E-state index is 9.22. The number of nitrogen functional groups attached to an aromatic ring is 1. The number of aliphatic hydroxyl groups is 1. The van der Waals surface area contributed by atoms with Crippen LogP contribution in [0.15, 0.2) is 16.7 Å². The molecule has 15 heavy (non-hydrogen) atoms. The van der Waals surface area contributed by atoms with Gasteiger partial charge in [0.25, 0.3) is 0 Å². The molecule has 1 rings (SSSR count). The molecule has 0 bridgehead atoms. The Kier molecular flexibility index (Phi) is 4.35. The number of anilines is 2. The number of hydrogen-bond donors (Lipinski definition) is 3. The third kappa shape index (κ3) is 4.05. The topological polar surface area (TPSA) is 71.2 Å². The lowest BCUT2D eigenvalue weighted by Crippen LogP contribution is -2.21. The Balaban J connectivity index is 2.64. The fraction of sp³-hybridized carbons (Fsp3) is 0.500. The van der Waals surface area contributed by atoms with Gasteiger partial charge in [0.2, 0.25) is 0 Å². The largest absolute Gasteiger partial charge is 0.396 e. The van der Waals surface area contributed by atoms with Crippen molar-refractivity contribution < 1.29 is 5.11 Å². The molecular formula is C10H16BrN3O. The lowest BCUT2D eigenvalue weighted by atomic mass is 10.1. The first-order valence-electron chi connectivity index (χ1n) is 4.84. The van der Waals surface area contributed by atoms with Gasteiger partial charge in [0.05, 0.1) is 11.8 Å². The molecule has 2 unspecified atom stereocenters. The molecule has 1 aromatic rings. The second-order valence-electron chi connectivity index (χ2n) is 3.72. The first-order valence-corrected chi connectivity index (χ1v) is 5.64. The van der Waals surface area contributed by atoms with Crippen molar-refractivity contribution >= 4 is 27.4 Å². The van der Waals surface area contributed by atoms with E-state index in [4.69, 9.17) is 5.73 Å².